The van der Waals surface area contributed by atoms with Gasteiger partial charge in [-0.15, -0.1) is 24.8 Å². The van der Waals surface area contributed by atoms with Crippen molar-refractivity contribution < 1.29 is 14.0 Å². The number of hydrogen-bond acceptors (Lipinski definition) is 2. The zero-order valence-electron chi connectivity index (χ0n) is 4.97. The fraction of sp³-hybridized carbons (Fsp3) is 0.500. The summed E-state index contributed by atoms with van der Waals surface area (Å²) in [6, 6.07) is 0. The van der Waals surface area contributed by atoms with Crippen LogP contribution in [0.1, 0.15) is 0 Å². The second-order valence-electron chi connectivity index (χ2n) is 0.803. The van der Waals surface area contributed by atoms with Crippen LogP contribution >= 0.6 is 19.9 Å². The van der Waals surface area contributed by atoms with Crippen LogP contribution < -0.4 is 0 Å². The topological polar surface area (TPSA) is 46.5 Å². The van der Waals surface area contributed by atoms with Gasteiger partial charge in [-0.25, -0.2) is 0 Å². The summed E-state index contributed by atoms with van der Waals surface area (Å²) in [6.07, 6.45) is 0. The van der Waals surface area contributed by atoms with Crippen molar-refractivity contribution in [2.24, 2.45) is 0 Å². The molecule has 3 nitrogen and oxygen atoms in total. The van der Waals surface area contributed by atoms with Gasteiger partial charge in [-0.3, -0.25) is 4.57 Å². The predicted octanol–water partition coefficient (Wildman–Crippen LogP) is 1.43. The van der Waals surface area contributed by atoms with Crippen LogP contribution in [0.25, 0.3) is 0 Å². The van der Waals surface area contributed by atoms with Crippen LogP contribution in [0.15, 0.2) is 13.2 Å². The van der Waals surface area contributed by atoms with Gasteiger partial charge in [0.1, 0.15) is 0 Å². The molecule has 0 saturated carbocycles. The summed E-state index contributed by atoms with van der Waals surface area (Å²) in [5.41, 5.74) is 0. The maximum absolute atomic E-state index is 9.66. The molecule has 0 fully saturated rings. The van der Waals surface area contributed by atoms with E-state index in [4.69, 9.17) is 16.5 Å². The lowest BCUT2D eigenvalue weighted by Gasteiger charge is -1.90. The van der Waals surface area contributed by atoms with E-state index in [1.807, 2.05) is 0 Å². The fourth-order valence-electron chi connectivity index (χ4n) is 0.126. The summed E-state index contributed by atoms with van der Waals surface area (Å²) in [6.45, 7) is 6.15. The molecule has 0 aliphatic carbocycles. The Hall–Kier alpha value is 0.180. The van der Waals surface area contributed by atoms with Crippen molar-refractivity contribution >= 4 is 19.9 Å². The molecular formula is C4H10ClO3P. The minimum Gasteiger partial charge on any atom is -0.326 e. The highest BCUT2D eigenvalue weighted by atomic mass is 35.5. The Morgan fingerprint density at radius 3 is 2.22 bits per heavy atom. The summed E-state index contributed by atoms with van der Waals surface area (Å²) in [7, 11) is -2.73. The molecule has 0 saturated heterocycles. The number of alkyl halides is 1. The lowest BCUT2D eigenvalue weighted by molar-refractivity contribution is 0.299. The minimum absolute atomic E-state index is 0.149. The van der Waals surface area contributed by atoms with Crippen LogP contribution in [0, 0.1) is 0 Å². The van der Waals surface area contributed by atoms with Gasteiger partial charge >= 0.3 is 8.25 Å². The molecule has 5 heteroatoms. The third kappa shape index (κ3) is 17.9. The maximum Gasteiger partial charge on any atom is 0.316 e. The van der Waals surface area contributed by atoms with Crippen molar-refractivity contribution in [2.75, 3.05) is 12.5 Å². The van der Waals surface area contributed by atoms with Crippen molar-refractivity contribution in [2.45, 2.75) is 0 Å². The summed E-state index contributed by atoms with van der Waals surface area (Å²) < 4.78 is 13.8. The molecule has 56 valence electrons. The smallest absolute Gasteiger partial charge is 0.316 e. The van der Waals surface area contributed by atoms with Gasteiger partial charge in [0.2, 0.25) is 0 Å². The van der Waals surface area contributed by atoms with E-state index in [0.717, 1.165) is 0 Å². The van der Waals surface area contributed by atoms with Gasteiger partial charge in [0.05, 0.1) is 6.61 Å². The van der Waals surface area contributed by atoms with E-state index in [9.17, 15) is 4.57 Å². The van der Waals surface area contributed by atoms with Gasteiger partial charge in [-0.1, -0.05) is 0 Å². The third-order valence-corrected chi connectivity index (χ3v) is 0.908. The Kier molecular flexibility index (Phi) is 14.6. The largest absolute Gasteiger partial charge is 0.326 e. The Balaban J connectivity index is 0. The summed E-state index contributed by atoms with van der Waals surface area (Å²) in [5, 5.41) is 0. The van der Waals surface area contributed by atoms with E-state index in [-0.39, 0.29) is 12.5 Å². The molecule has 1 unspecified atom stereocenters. The van der Waals surface area contributed by atoms with Gasteiger partial charge in [-0.05, 0) is 0 Å². The third-order valence-electron chi connectivity index (χ3n) is 0.303. The Bertz CT molecular complexity index is 78.2. The van der Waals surface area contributed by atoms with Gasteiger partial charge < -0.3 is 9.42 Å². The molecule has 1 N–H and O–H groups in total. The van der Waals surface area contributed by atoms with Crippen molar-refractivity contribution in [3.05, 3.63) is 13.2 Å². The van der Waals surface area contributed by atoms with Crippen molar-refractivity contribution in [1.82, 2.24) is 0 Å². The van der Waals surface area contributed by atoms with Crippen LogP contribution in [0.4, 0.5) is 0 Å². The molecule has 0 bridgehead atoms. The minimum atomic E-state index is -2.73. The van der Waals surface area contributed by atoms with Crippen molar-refractivity contribution in [3.63, 3.8) is 0 Å². The average molecular weight is 173 g/mol. The standard InChI is InChI=1S/C2H6ClO3P.C2H4/c3-1-2-6-7(4)5;1-2/h7H,1-2H2,(H,4,5);1-2H2. The lowest BCUT2D eigenvalue weighted by atomic mass is 10.9. The zero-order chi connectivity index (χ0) is 7.70. The van der Waals surface area contributed by atoms with Crippen molar-refractivity contribution in [1.29, 1.82) is 0 Å². The van der Waals surface area contributed by atoms with E-state index in [1.165, 1.54) is 0 Å². The van der Waals surface area contributed by atoms with Crippen LogP contribution in [-0.4, -0.2) is 17.4 Å². The summed E-state index contributed by atoms with van der Waals surface area (Å²) in [4.78, 5) is 7.95. The van der Waals surface area contributed by atoms with Crippen LogP contribution in [0.3, 0.4) is 0 Å². The molecule has 0 aromatic rings. The highest BCUT2D eigenvalue weighted by Gasteiger charge is 1.86. The maximum atomic E-state index is 9.66. The Morgan fingerprint density at radius 1 is 1.67 bits per heavy atom. The molecule has 0 rings (SSSR count). The van der Waals surface area contributed by atoms with Gasteiger partial charge in [-0.2, -0.15) is 0 Å². The first kappa shape index (κ1) is 11.9. The molecule has 0 heterocycles. The molecular weight excluding hydrogens is 162 g/mol. The molecule has 1 atom stereocenters. The fourth-order valence-corrected chi connectivity index (χ4v) is 0.609. The first-order chi connectivity index (χ1) is 4.27. The Labute approximate surface area is 60.2 Å². The van der Waals surface area contributed by atoms with Crippen molar-refractivity contribution in [3.8, 4) is 0 Å². The molecule has 0 aromatic carbocycles. The van der Waals surface area contributed by atoms with E-state index in [2.05, 4.69) is 17.7 Å². The highest BCUT2D eigenvalue weighted by Crippen LogP contribution is 2.12. The monoisotopic (exact) mass is 172 g/mol. The van der Waals surface area contributed by atoms with E-state index < -0.39 is 8.25 Å². The summed E-state index contributed by atoms with van der Waals surface area (Å²) >= 11 is 5.09. The second kappa shape index (κ2) is 11.0. The number of halogens is 1. The normalized spacial score (nSPS) is 11.3. The highest BCUT2D eigenvalue weighted by molar-refractivity contribution is 7.32. The van der Waals surface area contributed by atoms with E-state index >= 15 is 0 Å². The van der Waals surface area contributed by atoms with Crippen LogP contribution in [0.5, 0.6) is 0 Å². The predicted molar refractivity (Wildman–Crippen MR) is 39.1 cm³/mol. The molecule has 0 aliphatic heterocycles. The van der Waals surface area contributed by atoms with Crippen LogP contribution in [-0.2, 0) is 9.09 Å². The molecule has 0 spiro atoms. The first-order valence-corrected chi connectivity index (χ1v) is 3.99. The number of hydrogen-bond donors (Lipinski definition) is 1. The molecule has 0 amide bonds. The summed E-state index contributed by atoms with van der Waals surface area (Å²) in [5.74, 6) is 0.261. The van der Waals surface area contributed by atoms with Crippen LogP contribution in [0.2, 0.25) is 0 Å². The first-order valence-electron chi connectivity index (χ1n) is 2.19. The SMILES string of the molecule is C=C.O=[PH](O)OCCCl. The molecule has 0 radical (unpaired) electrons. The molecule has 0 aromatic heterocycles. The lowest BCUT2D eigenvalue weighted by Crippen LogP contribution is -1.84. The quantitative estimate of drug-likeness (QED) is 0.398. The zero-order valence-corrected chi connectivity index (χ0v) is 6.73. The van der Waals surface area contributed by atoms with E-state index in [1.54, 1.807) is 0 Å². The average Bonchev–Trinajstić information content (AvgIpc) is 1.88. The Morgan fingerprint density at radius 2 is 2.11 bits per heavy atom. The van der Waals surface area contributed by atoms with Gasteiger partial charge in [0, 0.05) is 5.88 Å². The van der Waals surface area contributed by atoms with E-state index in [0.29, 0.717) is 0 Å². The molecule has 0 aliphatic rings. The second-order valence-corrected chi connectivity index (χ2v) is 2.00. The number of rotatable bonds is 3. The molecule has 9 heavy (non-hydrogen) atoms. The van der Waals surface area contributed by atoms with Gasteiger partial charge in [0.15, 0.2) is 0 Å². The van der Waals surface area contributed by atoms with Gasteiger partial charge in [0.25, 0.3) is 0 Å².